The molecule has 0 fully saturated rings. The number of ketones is 1. The van der Waals surface area contributed by atoms with Gasteiger partial charge in [-0.2, -0.15) is 0 Å². The number of carbonyl (C=O) groups is 2. The van der Waals surface area contributed by atoms with Crippen molar-refractivity contribution in [2.45, 2.75) is 12.3 Å². The number of esters is 1. The highest BCUT2D eigenvalue weighted by atomic mass is 79.9. The zero-order chi connectivity index (χ0) is 15.9. The molecular formula is C17H13BrO4. The monoisotopic (exact) mass is 360 g/mol. The van der Waals surface area contributed by atoms with Crippen LogP contribution < -0.4 is 9.47 Å². The summed E-state index contributed by atoms with van der Waals surface area (Å²) in [6.45, 7) is 1.39. The summed E-state index contributed by atoms with van der Waals surface area (Å²) in [4.78, 5) is 25.2. The maximum Gasteiger partial charge on any atom is 0.334 e. The molecule has 1 unspecified atom stereocenters. The first-order chi connectivity index (χ1) is 10.5. The van der Waals surface area contributed by atoms with Gasteiger partial charge >= 0.3 is 5.97 Å². The van der Waals surface area contributed by atoms with Crippen LogP contribution >= 0.6 is 15.9 Å². The molecule has 0 aliphatic carbocycles. The number of benzene rings is 2. The fourth-order valence-electron chi connectivity index (χ4n) is 2.92. The van der Waals surface area contributed by atoms with Gasteiger partial charge in [-0.1, -0.05) is 30.3 Å². The third-order valence-corrected chi connectivity index (χ3v) is 4.54. The highest BCUT2D eigenvalue weighted by Gasteiger charge is 2.56. The smallest absolute Gasteiger partial charge is 0.334 e. The van der Waals surface area contributed by atoms with Crippen molar-refractivity contribution in [1.82, 2.24) is 0 Å². The molecule has 1 aliphatic heterocycles. The van der Waals surface area contributed by atoms with Crippen molar-refractivity contribution in [1.29, 1.82) is 0 Å². The first-order valence-electron chi connectivity index (χ1n) is 6.69. The summed E-state index contributed by atoms with van der Waals surface area (Å²) < 4.78 is 11.4. The first kappa shape index (κ1) is 14.8. The Balaban J connectivity index is 2.40. The molecule has 5 heteroatoms. The molecule has 3 rings (SSSR count). The number of hydrogen-bond acceptors (Lipinski definition) is 4. The molecule has 1 aliphatic rings. The van der Waals surface area contributed by atoms with Gasteiger partial charge in [-0.3, -0.25) is 4.79 Å². The normalized spacial score (nSPS) is 19.5. The summed E-state index contributed by atoms with van der Waals surface area (Å²) in [5.74, 6) is -0.0543. The minimum Gasteiger partial charge on any atom is -0.496 e. The van der Waals surface area contributed by atoms with E-state index in [0.717, 1.165) is 0 Å². The fourth-order valence-corrected chi connectivity index (χ4v) is 3.37. The SMILES string of the molecule is COc1ccccc1C1(C(C)=O)C(=O)Oc2c(Br)cccc21. The Hall–Kier alpha value is -2.14. The number of fused-ring (bicyclic) bond motifs is 1. The molecule has 4 nitrogen and oxygen atoms in total. The Morgan fingerprint density at radius 2 is 1.82 bits per heavy atom. The van der Waals surface area contributed by atoms with E-state index in [1.165, 1.54) is 14.0 Å². The van der Waals surface area contributed by atoms with Crippen molar-refractivity contribution in [2.24, 2.45) is 0 Å². The molecule has 2 aromatic rings. The maximum atomic E-state index is 12.7. The van der Waals surface area contributed by atoms with Gasteiger partial charge in [0, 0.05) is 11.1 Å². The van der Waals surface area contributed by atoms with Crippen LogP contribution in [0, 0.1) is 0 Å². The molecule has 0 amide bonds. The minimum absolute atomic E-state index is 0.307. The summed E-state index contributed by atoms with van der Waals surface area (Å²) in [5.41, 5.74) is -0.471. The zero-order valence-corrected chi connectivity index (χ0v) is 13.6. The predicted molar refractivity (Wildman–Crippen MR) is 84.2 cm³/mol. The van der Waals surface area contributed by atoms with Crippen LogP contribution in [-0.4, -0.2) is 18.9 Å². The Morgan fingerprint density at radius 1 is 1.14 bits per heavy atom. The second kappa shape index (κ2) is 5.25. The van der Waals surface area contributed by atoms with Crippen LogP contribution in [0.4, 0.5) is 0 Å². The molecule has 0 radical (unpaired) electrons. The summed E-state index contributed by atoms with van der Waals surface area (Å²) in [6, 6.07) is 12.3. The van der Waals surface area contributed by atoms with Crippen LogP contribution in [0.15, 0.2) is 46.9 Å². The van der Waals surface area contributed by atoms with E-state index in [-0.39, 0.29) is 5.78 Å². The first-order valence-corrected chi connectivity index (χ1v) is 7.48. The molecule has 1 atom stereocenters. The van der Waals surface area contributed by atoms with E-state index in [9.17, 15) is 9.59 Å². The summed E-state index contributed by atoms with van der Waals surface area (Å²) in [6.07, 6.45) is 0. The molecule has 0 N–H and O–H groups in total. The largest absolute Gasteiger partial charge is 0.496 e. The number of methoxy groups -OCH3 is 1. The van der Waals surface area contributed by atoms with E-state index in [1.807, 2.05) is 0 Å². The van der Waals surface area contributed by atoms with E-state index >= 15 is 0 Å². The van der Waals surface area contributed by atoms with Crippen molar-refractivity contribution >= 4 is 27.7 Å². The molecular weight excluding hydrogens is 348 g/mol. The standard InChI is InChI=1S/C17H13BrO4/c1-10(19)17(11-6-3-4-9-14(11)21-2)12-7-5-8-13(18)15(12)22-16(17)20/h3-9H,1-2H3. The lowest BCUT2D eigenvalue weighted by Gasteiger charge is -2.25. The van der Waals surface area contributed by atoms with Crippen LogP contribution in [-0.2, 0) is 15.0 Å². The van der Waals surface area contributed by atoms with Crippen molar-refractivity contribution < 1.29 is 19.1 Å². The number of Topliss-reactive ketones (excluding diaryl/α,β-unsaturated/α-hetero) is 1. The zero-order valence-electron chi connectivity index (χ0n) is 12.1. The van der Waals surface area contributed by atoms with Crippen molar-refractivity contribution in [3.63, 3.8) is 0 Å². The molecule has 0 bridgehead atoms. The van der Waals surface area contributed by atoms with Crippen molar-refractivity contribution in [2.75, 3.05) is 7.11 Å². The molecule has 0 saturated carbocycles. The minimum atomic E-state index is -1.49. The molecule has 0 spiro atoms. The lowest BCUT2D eigenvalue weighted by Crippen LogP contribution is -2.42. The highest BCUT2D eigenvalue weighted by molar-refractivity contribution is 9.10. The van der Waals surface area contributed by atoms with Gasteiger partial charge in [-0.15, -0.1) is 0 Å². The van der Waals surface area contributed by atoms with Crippen molar-refractivity contribution in [3.05, 3.63) is 58.1 Å². The third kappa shape index (κ3) is 1.82. The second-order valence-electron chi connectivity index (χ2n) is 5.01. The average Bonchev–Trinajstić information content (AvgIpc) is 2.82. The number of hydrogen-bond donors (Lipinski definition) is 0. The van der Waals surface area contributed by atoms with Gasteiger partial charge in [-0.05, 0) is 35.0 Å². The van der Waals surface area contributed by atoms with E-state index < -0.39 is 11.4 Å². The van der Waals surface area contributed by atoms with Crippen LogP contribution in [0.25, 0.3) is 0 Å². The number of carbonyl (C=O) groups excluding carboxylic acids is 2. The number of rotatable bonds is 3. The Labute approximate surface area is 136 Å². The quantitative estimate of drug-likeness (QED) is 0.479. The lowest BCUT2D eigenvalue weighted by molar-refractivity contribution is -0.141. The summed E-state index contributed by atoms with van der Waals surface area (Å²) >= 11 is 3.36. The molecule has 22 heavy (non-hydrogen) atoms. The van der Waals surface area contributed by atoms with Gasteiger partial charge in [0.1, 0.15) is 11.5 Å². The molecule has 0 aromatic heterocycles. The van der Waals surface area contributed by atoms with Gasteiger partial charge in [-0.25, -0.2) is 4.79 Å². The average molecular weight is 361 g/mol. The number of para-hydroxylation sites is 2. The summed E-state index contributed by atoms with van der Waals surface area (Å²) in [7, 11) is 1.51. The van der Waals surface area contributed by atoms with E-state index in [1.54, 1.807) is 42.5 Å². The van der Waals surface area contributed by atoms with E-state index in [0.29, 0.717) is 27.1 Å². The molecule has 2 aromatic carbocycles. The lowest BCUT2D eigenvalue weighted by atomic mass is 9.72. The van der Waals surface area contributed by atoms with Gasteiger partial charge in [0.05, 0.1) is 11.6 Å². The fraction of sp³-hybridized carbons (Fsp3) is 0.176. The van der Waals surface area contributed by atoms with Crippen LogP contribution in [0.1, 0.15) is 18.1 Å². The van der Waals surface area contributed by atoms with Crippen LogP contribution in [0.2, 0.25) is 0 Å². The van der Waals surface area contributed by atoms with Crippen LogP contribution in [0.5, 0.6) is 11.5 Å². The van der Waals surface area contributed by atoms with Crippen LogP contribution in [0.3, 0.4) is 0 Å². The third-order valence-electron chi connectivity index (χ3n) is 3.91. The number of halogens is 1. The van der Waals surface area contributed by atoms with Gasteiger partial charge < -0.3 is 9.47 Å². The molecule has 112 valence electrons. The Bertz CT molecular complexity index is 784. The van der Waals surface area contributed by atoms with Gasteiger partial charge in [0.15, 0.2) is 11.2 Å². The van der Waals surface area contributed by atoms with E-state index in [4.69, 9.17) is 9.47 Å². The highest BCUT2D eigenvalue weighted by Crippen LogP contribution is 2.50. The Morgan fingerprint density at radius 3 is 2.50 bits per heavy atom. The molecule has 1 heterocycles. The predicted octanol–water partition coefficient (Wildman–Crippen LogP) is 3.25. The maximum absolute atomic E-state index is 12.7. The summed E-state index contributed by atoms with van der Waals surface area (Å²) in [5, 5.41) is 0. The second-order valence-corrected chi connectivity index (χ2v) is 5.87. The molecule has 0 saturated heterocycles. The topological polar surface area (TPSA) is 52.6 Å². The number of ether oxygens (including phenoxy) is 2. The van der Waals surface area contributed by atoms with Crippen molar-refractivity contribution in [3.8, 4) is 11.5 Å². The van der Waals surface area contributed by atoms with Gasteiger partial charge in [0.25, 0.3) is 0 Å². The Kier molecular flexibility index (Phi) is 3.53. The van der Waals surface area contributed by atoms with Gasteiger partial charge in [0.2, 0.25) is 0 Å². The van der Waals surface area contributed by atoms with E-state index in [2.05, 4.69) is 15.9 Å².